The fraction of sp³-hybridized carbons (Fsp3) is 0.588. The average Bonchev–Trinajstić information content (AvgIpc) is 2.59. The van der Waals surface area contributed by atoms with Crippen LogP contribution in [0, 0.1) is 0 Å². The Balaban J connectivity index is 1.37. The van der Waals surface area contributed by atoms with E-state index in [1.165, 1.54) is 19.3 Å². The Labute approximate surface area is 131 Å². The second kappa shape index (κ2) is 7.49. The summed E-state index contributed by atoms with van der Waals surface area (Å²) in [7, 11) is 0. The number of hydrogen-bond donors (Lipinski definition) is 1. The number of nitrogens with one attached hydrogen (secondary N) is 1. The number of amides is 1. The van der Waals surface area contributed by atoms with Crippen molar-refractivity contribution in [1.29, 1.82) is 0 Å². The van der Waals surface area contributed by atoms with Crippen LogP contribution in [0.3, 0.4) is 0 Å². The Hall–Kier alpha value is -1.75. The molecule has 2 heterocycles. The van der Waals surface area contributed by atoms with E-state index in [1.807, 2.05) is 24.3 Å². The minimum Gasteiger partial charge on any atom is -0.486 e. The molecule has 1 atom stereocenters. The van der Waals surface area contributed by atoms with Gasteiger partial charge in [-0.05, 0) is 38.1 Å². The minimum absolute atomic E-state index is 0.0908. The van der Waals surface area contributed by atoms with Crippen molar-refractivity contribution in [1.82, 2.24) is 10.2 Å². The predicted octanol–water partition coefficient (Wildman–Crippen LogP) is 1.82. The molecule has 120 valence electrons. The molecule has 0 unspecified atom stereocenters. The molecule has 1 amide bonds. The molecule has 2 aliphatic rings. The van der Waals surface area contributed by atoms with Gasteiger partial charge >= 0.3 is 0 Å². The predicted molar refractivity (Wildman–Crippen MR) is 84.3 cm³/mol. The molecule has 0 aliphatic carbocycles. The van der Waals surface area contributed by atoms with Crippen LogP contribution in [-0.2, 0) is 4.79 Å². The van der Waals surface area contributed by atoms with Crippen molar-refractivity contribution < 1.29 is 14.3 Å². The van der Waals surface area contributed by atoms with E-state index in [9.17, 15) is 4.79 Å². The maximum Gasteiger partial charge on any atom is 0.221 e. The molecule has 5 nitrogen and oxygen atoms in total. The highest BCUT2D eigenvalue weighted by atomic mass is 16.6. The Morgan fingerprint density at radius 1 is 1.18 bits per heavy atom. The number of benzene rings is 1. The fourth-order valence-electron chi connectivity index (χ4n) is 2.92. The molecular weight excluding hydrogens is 280 g/mol. The zero-order valence-electron chi connectivity index (χ0n) is 12.9. The Kier molecular flexibility index (Phi) is 5.16. The minimum atomic E-state index is -0.117. The van der Waals surface area contributed by atoms with E-state index < -0.39 is 0 Å². The van der Waals surface area contributed by atoms with Crippen LogP contribution in [0.5, 0.6) is 11.5 Å². The van der Waals surface area contributed by atoms with Crippen LogP contribution < -0.4 is 14.8 Å². The lowest BCUT2D eigenvalue weighted by atomic mass is 10.1. The molecule has 0 saturated carbocycles. The lowest BCUT2D eigenvalue weighted by Gasteiger charge is -2.27. The lowest BCUT2D eigenvalue weighted by molar-refractivity contribution is -0.122. The van der Waals surface area contributed by atoms with Gasteiger partial charge in [0.25, 0.3) is 0 Å². The SMILES string of the molecule is O=C(CCN1CCCCC1)NC[C@H]1COc2ccccc2O1. The van der Waals surface area contributed by atoms with Gasteiger partial charge in [0.1, 0.15) is 12.7 Å². The average molecular weight is 304 g/mol. The van der Waals surface area contributed by atoms with E-state index in [1.54, 1.807) is 0 Å². The molecule has 3 rings (SSSR count). The number of hydrogen-bond acceptors (Lipinski definition) is 4. The van der Waals surface area contributed by atoms with Gasteiger partial charge in [0.15, 0.2) is 11.5 Å². The van der Waals surface area contributed by atoms with Gasteiger partial charge in [0, 0.05) is 13.0 Å². The number of likely N-dealkylation sites (tertiary alicyclic amines) is 1. The summed E-state index contributed by atoms with van der Waals surface area (Å²) in [5, 5.41) is 2.95. The lowest BCUT2D eigenvalue weighted by Crippen LogP contribution is -2.41. The van der Waals surface area contributed by atoms with Crippen LogP contribution in [0.2, 0.25) is 0 Å². The Morgan fingerprint density at radius 3 is 2.77 bits per heavy atom. The van der Waals surface area contributed by atoms with Crippen LogP contribution in [0.4, 0.5) is 0 Å². The molecular formula is C17H24N2O3. The molecule has 0 radical (unpaired) electrons. The molecule has 2 aliphatic heterocycles. The highest BCUT2D eigenvalue weighted by molar-refractivity contribution is 5.76. The van der Waals surface area contributed by atoms with Crippen molar-refractivity contribution in [3.8, 4) is 11.5 Å². The molecule has 1 fully saturated rings. The molecule has 5 heteroatoms. The number of piperidine rings is 1. The van der Waals surface area contributed by atoms with Gasteiger partial charge in [0.2, 0.25) is 5.91 Å². The summed E-state index contributed by atoms with van der Waals surface area (Å²) < 4.78 is 11.5. The standard InChI is InChI=1S/C17H24N2O3/c20-17(8-11-19-9-4-1-5-10-19)18-12-14-13-21-15-6-2-3-7-16(15)22-14/h2-3,6-7,14H,1,4-5,8-13H2,(H,18,20)/t14-/m0/s1. The third-order valence-electron chi connectivity index (χ3n) is 4.20. The first kappa shape index (κ1) is 15.2. The van der Waals surface area contributed by atoms with Crippen LogP contribution in [0.1, 0.15) is 25.7 Å². The summed E-state index contributed by atoms with van der Waals surface area (Å²) in [6.45, 7) is 4.08. The molecule has 0 aromatic heterocycles. The number of fused-ring (bicyclic) bond motifs is 1. The molecule has 1 aromatic carbocycles. The fourth-order valence-corrected chi connectivity index (χ4v) is 2.92. The van der Waals surface area contributed by atoms with Crippen molar-refractivity contribution in [2.45, 2.75) is 31.8 Å². The zero-order valence-corrected chi connectivity index (χ0v) is 12.9. The van der Waals surface area contributed by atoms with Gasteiger partial charge < -0.3 is 19.7 Å². The summed E-state index contributed by atoms with van der Waals surface area (Å²) in [5.74, 6) is 1.62. The normalized spacial score (nSPS) is 21.4. The molecule has 1 N–H and O–H groups in total. The third kappa shape index (κ3) is 4.13. The van der Waals surface area contributed by atoms with Crippen LogP contribution in [0.25, 0.3) is 0 Å². The van der Waals surface area contributed by atoms with Crippen molar-refractivity contribution in [3.63, 3.8) is 0 Å². The largest absolute Gasteiger partial charge is 0.486 e. The van der Waals surface area contributed by atoms with E-state index >= 15 is 0 Å². The second-order valence-electron chi connectivity index (χ2n) is 5.95. The maximum absolute atomic E-state index is 11.9. The van der Waals surface area contributed by atoms with Crippen LogP contribution >= 0.6 is 0 Å². The van der Waals surface area contributed by atoms with Crippen LogP contribution in [-0.4, -0.2) is 49.7 Å². The topological polar surface area (TPSA) is 50.8 Å². The molecule has 1 saturated heterocycles. The van der Waals surface area contributed by atoms with Gasteiger partial charge in [-0.15, -0.1) is 0 Å². The molecule has 22 heavy (non-hydrogen) atoms. The second-order valence-corrected chi connectivity index (χ2v) is 5.95. The Bertz CT molecular complexity index is 500. The summed E-state index contributed by atoms with van der Waals surface area (Å²) in [6.07, 6.45) is 4.28. The monoisotopic (exact) mass is 304 g/mol. The maximum atomic E-state index is 11.9. The van der Waals surface area contributed by atoms with E-state index in [2.05, 4.69) is 10.2 Å². The van der Waals surface area contributed by atoms with Gasteiger partial charge in [-0.25, -0.2) is 0 Å². The number of para-hydroxylation sites is 2. The number of carbonyl (C=O) groups is 1. The summed E-state index contributed by atoms with van der Waals surface area (Å²) in [4.78, 5) is 14.3. The summed E-state index contributed by atoms with van der Waals surface area (Å²) in [5.41, 5.74) is 0. The zero-order chi connectivity index (χ0) is 15.2. The van der Waals surface area contributed by atoms with Crippen molar-refractivity contribution in [3.05, 3.63) is 24.3 Å². The summed E-state index contributed by atoms with van der Waals surface area (Å²) in [6, 6.07) is 7.62. The Morgan fingerprint density at radius 2 is 1.95 bits per heavy atom. The first-order chi connectivity index (χ1) is 10.8. The van der Waals surface area contributed by atoms with Gasteiger partial charge in [-0.1, -0.05) is 18.6 Å². The summed E-state index contributed by atoms with van der Waals surface area (Å²) >= 11 is 0. The van der Waals surface area contributed by atoms with E-state index in [0.29, 0.717) is 19.6 Å². The number of carbonyl (C=O) groups excluding carboxylic acids is 1. The highest BCUT2D eigenvalue weighted by Gasteiger charge is 2.21. The highest BCUT2D eigenvalue weighted by Crippen LogP contribution is 2.30. The molecule has 1 aromatic rings. The third-order valence-corrected chi connectivity index (χ3v) is 4.20. The smallest absolute Gasteiger partial charge is 0.221 e. The van der Waals surface area contributed by atoms with Gasteiger partial charge in [0.05, 0.1) is 6.54 Å². The van der Waals surface area contributed by atoms with Crippen molar-refractivity contribution in [2.75, 3.05) is 32.8 Å². The quantitative estimate of drug-likeness (QED) is 0.901. The van der Waals surface area contributed by atoms with E-state index in [0.717, 1.165) is 31.1 Å². The van der Waals surface area contributed by atoms with E-state index in [4.69, 9.17) is 9.47 Å². The number of rotatable bonds is 5. The molecule has 0 spiro atoms. The van der Waals surface area contributed by atoms with Crippen LogP contribution in [0.15, 0.2) is 24.3 Å². The first-order valence-electron chi connectivity index (χ1n) is 8.19. The van der Waals surface area contributed by atoms with Crippen molar-refractivity contribution in [2.24, 2.45) is 0 Å². The molecule has 0 bridgehead atoms. The van der Waals surface area contributed by atoms with Gasteiger partial charge in [-0.2, -0.15) is 0 Å². The van der Waals surface area contributed by atoms with Gasteiger partial charge in [-0.3, -0.25) is 4.79 Å². The number of nitrogens with zero attached hydrogens (tertiary/aromatic N) is 1. The van der Waals surface area contributed by atoms with Crippen molar-refractivity contribution >= 4 is 5.91 Å². The first-order valence-corrected chi connectivity index (χ1v) is 8.19. The number of ether oxygens (including phenoxy) is 2. The van der Waals surface area contributed by atoms with E-state index in [-0.39, 0.29) is 12.0 Å².